The molecule has 0 N–H and O–H groups in total. The summed E-state index contributed by atoms with van der Waals surface area (Å²) >= 11 is 0. The van der Waals surface area contributed by atoms with E-state index in [2.05, 4.69) is 10.1 Å². The number of likely N-dealkylation sites (tertiary alicyclic amines) is 1. The number of rotatable bonds is 4. The summed E-state index contributed by atoms with van der Waals surface area (Å²) in [6.45, 7) is 2.78. The predicted octanol–water partition coefficient (Wildman–Crippen LogP) is 4.09. The molecule has 140 valence electrons. The number of benzene rings is 1. The highest BCUT2D eigenvalue weighted by Crippen LogP contribution is 2.30. The molecule has 1 fully saturated rings. The molecule has 0 bridgehead atoms. The van der Waals surface area contributed by atoms with Gasteiger partial charge in [0.25, 0.3) is 0 Å². The molecule has 2 aromatic rings. The fourth-order valence-electron chi connectivity index (χ4n) is 3.12. The van der Waals surface area contributed by atoms with Crippen molar-refractivity contribution in [1.29, 1.82) is 0 Å². The average molecular weight is 367 g/mol. The van der Waals surface area contributed by atoms with Crippen molar-refractivity contribution in [3.8, 4) is 11.4 Å². The lowest BCUT2D eigenvalue weighted by Gasteiger charge is -2.30. The largest absolute Gasteiger partial charge is 0.389 e. The minimum absolute atomic E-state index is 0.0203. The fourth-order valence-corrected chi connectivity index (χ4v) is 3.12. The molecule has 1 aliphatic heterocycles. The molecule has 26 heavy (non-hydrogen) atoms. The van der Waals surface area contributed by atoms with Gasteiger partial charge in [-0.05, 0) is 25.3 Å². The second kappa shape index (κ2) is 7.47. The monoisotopic (exact) mass is 367 g/mol. The van der Waals surface area contributed by atoms with Gasteiger partial charge in [0.15, 0.2) is 0 Å². The summed E-state index contributed by atoms with van der Waals surface area (Å²) in [6.07, 6.45) is -4.66. The molecule has 0 atom stereocenters. The molecule has 0 saturated carbocycles. The smallest absolute Gasteiger partial charge is 0.343 e. The summed E-state index contributed by atoms with van der Waals surface area (Å²) < 4.78 is 42.1. The second-order valence-corrected chi connectivity index (χ2v) is 6.54. The van der Waals surface area contributed by atoms with Crippen molar-refractivity contribution in [3.05, 3.63) is 35.7 Å². The molecule has 1 aromatic carbocycles. The molecular weight excluding hydrogens is 347 g/mol. The van der Waals surface area contributed by atoms with Crippen molar-refractivity contribution in [2.24, 2.45) is 0 Å². The highest BCUT2D eigenvalue weighted by molar-refractivity contribution is 5.76. The molecule has 5 nitrogen and oxygen atoms in total. The average Bonchev–Trinajstić information content (AvgIpc) is 3.09. The zero-order chi connectivity index (χ0) is 18.7. The third-order valence-corrected chi connectivity index (χ3v) is 4.65. The SMILES string of the molecule is Cc1ccccc1-c1noc(C2CCN(C(=O)CCC(F)(F)F)CC2)n1. The number of aryl methyl sites for hydroxylation is 1. The first-order valence-corrected chi connectivity index (χ1v) is 8.57. The van der Waals surface area contributed by atoms with Gasteiger partial charge in [0, 0.05) is 31.0 Å². The van der Waals surface area contributed by atoms with Gasteiger partial charge in [-0.15, -0.1) is 0 Å². The molecule has 0 unspecified atom stereocenters. The lowest BCUT2D eigenvalue weighted by atomic mass is 9.96. The highest BCUT2D eigenvalue weighted by atomic mass is 19.4. The summed E-state index contributed by atoms with van der Waals surface area (Å²) in [5, 5.41) is 4.04. The summed E-state index contributed by atoms with van der Waals surface area (Å²) in [4.78, 5) is 17.8. The van der Waals surface area contributed by atoms with Crippen LogP contribution in [0.15, 0.2) is 28.8 Å². The first-order chi connectivity index (χ1) is 12.3. The van der Waals surface area contributed by atoms with Crippen LogP contribution in [0.2, 0.25) is 0 Å². The molecular formula is C18H20F3N3O2. The minimum Gasteiger partial charge on any atom is -0.343 e. The molecule has 1 aliphatic rings. The van der Waals surface area contributed by atoms with E-state index in [4.69, 9.17) is 4.52 Å². The molecule has 0 radical (unpaired) electrons. The quantitative estimate of drug-likeness (QED) is 0.817. The van der Waals surface area contributed by atoms with Crippen LogP contribution in [-0.2, 0) is 4.79 Å². The molecule has 0 spiro atoms. The van der Waals surface area contributed by atoms with Crippen molar-refractivity contribution in [2.75, 3.05) is 13.1 Å². The van der Waals surface area contributed by atoms with Crippen LogP contribution in [0, 0.1) is 6.92 Å². The van der Waals surface area contributed by atoms with Gasteiger partial charge in [-0.2, -0.15) is 18.2 Å². The number of halogens is 3. The number of hydrogen-bond acceptors (Lipinski definition) is 4. The topological polar surface area (TPSA) is 59.2 Å². The molecule has 2 heterocycles. The Kier molecular flexibility index (Phi) is 5.29. The molecule has 1 amide bonds. The second-order valence-electron chi connectivity index (χ2n) is 6.54. The van der Waals surface area contributed by atoms with Crippen LogP contribution >= 0.6 is 0 Å². The zero-order valence-corrected chi connectivity index (χ0v) is 14.4. The first-order valence-electron chi connectivity index (χ1n) is 8.57. The Morgan fingerprint density at radius 1 is 1.27 bits per heavy atom. The van der Waals surface area contributed by atoms with Crippen LogP contribution in [-0.4, -0.2) is 40.2 Å². The van der Waals surface area contributed by atoms with Crippen molar-refractivity contribution in [3.63, 3.8) is 0 Å². The molecule has 8 heteroatoms. The van der Waals surface area contributed by atoms with E-state index in [-0.39, 0.29) is 5.92 Å². The Balaban J connectivity index is 1.57. The van der Waals surface area contributed by atoms with E-state index in [1.54, 1.807) is 0 Å². The third-order valence-electron chi connectivity index (χ3n) is 4.65. The number of nitrogens with zero attached hydrogens (tertiary/aromatic N) is 3. The molecule has 3 rings (SSSR count). The molecule has 0 aliphatic carbocycles. The van der Waals surface area contributed by atoms with Crippen molar-refractivity contribution < 1.29 is 22.5 Å². The number of aromatic nitrogens is 2. The van der Waals surface area contributed by atoms with Gasteiger partial charge in [0.2, 0.25) is 17.6 Å². The van der Waals surface area contributed by atoms with Gasteiger partial charge in [-0.3, -0.25) is 4.79 Å². The Morgan fingerprint density at radius 3 is 2.62 bits per heavy atom. The Hall–Kier alpha value is -2.38. The summed E-state index contributed by atoms with van der Waals surface area (Å²) in [6, 6.07) is 7.73. The Labute approximate surface area is 149 Å². The van der Waals surface area contributed by atoms with E-state index >= 15 is 0 Å². The lowest BCUT2D eigenvalue weighted by Crippen LogP contribution is -2.38. The fraction of sp³-hybridized carbons (Fsp3) is 0.500. The van der Waals surface area contributed by atoms with Gasteiger partial charge in [0.1, 0.15) is 0 Å². The van der Waals surface area contributed by atoms with Crippen molar-refractivity contribution >= 4 is 5.91 Å². The Bertz CT molecular complexity index is 765. The third kappa shape index (κ3) is 4.42. The van der Waals surface area contributed by atoms with Gasteiger partial charge in [-0.1, -0.05) is 29.4 Å². The number of alkyl halides is 3. The normalized spacial score (nSPS) is 16.1. The first kappa shape index (κ1) is 18.4. The van der Waals surface area contributed by atoms with Crippen LogP contribution in [0.5, 0.6) is 0 Å². The maximum Gasteiger partial charge on any atom is 0.389 e. The standard InChI is InChI=1S/C18H20F3N3O2/c1-12-4-2-3-5-14(12)16-22-17(26-23-16)13-7-10-24(11-8-13)15(25)6-9-18(19,20)21/h2-5,13H,6-11H2,1H3. The summed E-state index contributed by atoms with van der Waals surface area (Å²) in [5.74, 6) is 0.617. The van der Waals surface area contributed by atoms with Crippen LogP contribution in [0.3, 0.4) is 0 Å². The number of carbonyl (C=O) groups is 1. The van der Waals surface area contributed by atoms with Crippen LogP contribution in [0.25, 0.3) is 11.4 Å². The molecule has 1 saturated heterocycles. The zero-order valence-electron chi connectivity index (χ0n) is 14.4. The number of hydrogen-bond donors (Lipinski definition) is 0. The summed E-state index contributed by atoms with van der Waals surface area (Å²) in [7, 11) is 0. The number of amides is 1. The van der Waals surface area contributed by atoms with Gasteiger partial charge in [0.05, 0.1) is 6.42 Å². The van der Waals surface area contributed by atoms with Gasteiger partial charge in [-0.25, -0.2) is 0 Å². The Morgan fingerprint density at radius 2 is 1.96 bits per heavy atom. The van der Waals surface area contributed by atoms with Crippen molar-refractivity contribution in [1.82, 2.24) is 15.0 Å². The highest BCUT2D eigenvalue weighted by Gasteiger charge is 2.31. The maximum atomic E-state index is 12.2. The van der Waals surface area contributed by atoms with Crippen LogP contribution < -0.4 is 0 Å². The maximum absolute atomic E-state index is 12.2. The molecule has 1 aromatic heterocycles. The van der Waals surface area contributed by atoms with E-state index in [9.17, 15) is 18.0 Å². The lowest BCUT2D eigenvalue weighted by molar-refractivity contribution is -0.149. The number of carbonyl (C=O) groups excluding carboxylic acids is 1. The van der Waals surface area contributed by atoms with Gasteiger partial charge < -0.3 is 9.42 Å². The van der Waals surface area contributed by atoms with E-state index in [1.165, 1.54) is 4.90 Å². The predicted molar refractivity (Wildman–Crippen MR) is 88.3 cm³/mol. The minimum atomic E-state index is -4.30. The number of piperidine rings is 1. The van der Waals surface area contributed by atoms with Crippen LogP contribution in [0.1, 0.15) is 43.1 Å². The van der Waals surface area contributed by atoms with E-state index in [0.717, 1.165) is 11.1 Å². The van der Waals surface area contributed by atoms with E-state index in [0.29, 0.717) is 37.6 Å². The van der Waals surface area contributed by atoms with E-state index < -0.39 is 24.9 Å². The van der Waals surface area contributed by atoms with E-state index in [1.807, 2.05) is 31.2 Å². The van der Waals surface area contributed by atoms with Crippen molar-refractivity contribution in [2.45, 2.75) is 44.7 Å². The summed E-state index contributed by atoms with van der Waals surface area (Å²) in [5.41, 5.74) is 1.95. The van der Waals surface area contributed by atoms with Crippen LogP contribution in [0.4, 0.5) is 13.2 Å². The van der Waals surface area contributed by atoms with Gasteiger partial charge >= 0.3 is 6.18 Å².